The number of hydrogen-bond donors (Lipinski definition) is 0. The van der Waals surface area contributed by atoms with Gasteiger partial charge < -0.3 is 9.47 Å². The number of hydrazone groups is 1. The fourth-order valence-electron chi connectivity index (χ4n) is 1.35. The highest BCUT2D eigenvalue weighted by Gasteiger charge is 2.14. The first-order chi connectivity index (χ1) is 11.2. The largest absolute Gasteiger partial charge is 0.496 e. The van der Waals surface area contributed by atoms with Crippen LogP contribution in [0.2, 0.25) is 0 Å². The lowest BCUT2D eigenvalue weighted by Gasteiger charge is -2.15. The molecular formula is C18H32N2O3. The Bertz CT molecular complexity index is 438. The van der Waals surface area contributed by atoms with E-state index in [9.17, 15) is 4.79 Å². The first-order valence-electron chi connectivity index (χ1n) is 7.82. The molecule has 132 valence electrons. The van der Waals surface area contributed by atoms with Gasteiger partial charge in [-0.2, -0.15) is 5.10 Å². The smallest absolute Gasteiger partial charge is 0.341 e. The van der Waals surface area contributed by atoms with Crippen LogP contribution in [0, 0.1) is 0 Å². The van der Waals surface area contributed by atoms with Gasteiger partial charge in [-0.05, 0) is 12.1 Å². The topological polar surface area (TPSA) is 51.1 Å². The van der Waals surface area contributed by atoms with Crippen LogP contribution in [0.3, 0.4) is 0 Å². The molecule has 0 heterocycles. The molecule has 0 aliphatic rings. The SMILES string of the molecule is C=CN(N=C)c1ccc(C(=O)OC)c(OC)c1.CC.CC.CC. The summed E-state index contributed by atoms with van der Waals surface area (Å²) in [4.78, 5) is 11.4. The van der Waals surface area contributed by atoms with Gasteiger partial charge in [0.05, 0.1) is 19.9 Å². The van der Waals surface area contributed by atoms with Crippen LogP contribution in [0.25, 0.3) is 0 Å². The van der Waals surface area contributed by atoms with Crippen molar-refractivity contribution in [3.05, 3.63) is 36.5 Å². The van der Waals surface area contributed by atoms with Gasteiger partial charge >= 0.3 is 5.97 Å². The molecule has 0 spiro atoms. The standard InChI is InChI=1S/C12H14N2O3.3C2H6/c1-5-14(13-2)9-6-7-10(12(15)17-4)11(8-9)16-3;3*1-2/h5-8H,1-2H2,3-4H3;3*1-2H3. The number of rotatable bonds is 5. The first kappa shape index (κ1) is 25.6. The summed E-state index contributed by atoms with van der Waals surface area (Å²) in [5, 5.41) is 5.20. The van der Waals surface area contributed by atoms with E-state index >= 15 is 0 Å². The summed E-state index contributed by atoms with van der Waals surface area (Å²) in [5.41, 5.74) is 1.05. The van der Waals surface area contributed by atoms with Gasteiger partial charge in [0.2, 0.25) is 0 Å². The lowest BCUT2D eigenvalue weighted by atomic mass is 10.2. The summed E-state index contributed by atoms with van der Waals surface area (Å²) in [5.74, 6) is -0.0463. The molecular weight excluding hydrogens is 292 g/mol. The third-order valence-corrected chi connectivity index (χ3v) is 2.18. The van der Waals surface area contributed by atoms with Crippen molar-refractivity contribution in [2.75, 3.05) is 19.2 Å². The second-order valence-corrected chi connectivity index (χ2v) is 3.04. The van der Waals surface area contributed by atoms with E-state index in [-0.39, 0.29) is 0 Å². The lowest BCUT2D eigenvalue weighted by Crippen LogP contribution is -2.08. The van der Waals surface area contributed by atoms with Gasteiger partial charge in [0.25, 0.3) is 0 Å². The zero-order valence-corrected chi connectivity index (χ0v) is 15.8. The molecule has 0 aliphatic heterocycles. The maximum absolute atomic E-state index is 11.4. The highest BCUT2D eigenvalue weighted by Crippen LogP contribution is 2.26. The minimum Gasteiger partial charge on any atom is -0.496 e. The van der Waals surface area contributed by atoms with Crippen LogP contribution in [-0.2, 0) is 4.74 Å². The summed E-state index contributed by atoms with van der Waals surface area (Å²) in [6.45, 7) is 19.0. The number of nitrogens with zero attached hydrogens (tertiary/aromatic N) is 2. The predicted molar refractivity (Wildman–Crippen MR) is 101 cm³/mol. The third-order valence-electron chi connectivity index (χ3n) is 2.18. The molecule has 5 nitrogen and oxygen atoms in total. The normalized spacial score (nSPS) is 7.65. The number of ether oxygens (including phenoxy) is 2. The highest BCUT2D eigenvalue weighted by molar-refractivity contribution is 5.93. The Hall–Kier alpha value is -2.30. The Morgan fingerprint density at radius 1 is 1.13 bits per heavy atom. The van der Waals surface area contributed by atoms with Crippen LogP contribution in [0.5, 0.6) is 5.75 Å². The summed E-state index contributed by atoms with van der Waals surface area (Å²) in [6.07, 6.45) is 1.50. The monoisotopic (exact) mass is 324 g/mol. The minimum absolute atomic E-state index is 0.354. The molecule has 0 atom stereocenters. The molecule has 1 rings (SSSR count). The van der Waals surface area contributed by atoms with Crippen molar-refractivity contribution in [2.45, 2.75) is 41.5 Å². The minimum atomic E-state index is -0.454. The van der Waals surface area contributed by atoms with E-state index < -0.39 is 5.97 Å². The molecule has 0 saturated heterocycles. The Balaban J connectivity index is -0.000000595. The Morgan fingerprint density at radius 2 is 1.65 bits per heavy atom. The van der Waals surface area contributed by atoms with Crippen molar-refractivity contribution >= 4 is 18.4 Å². The number of benzene rings is 1. The zero-order chi connectivity index (χ0) is 18.8. The van der Waals surface area contributed by atoms with E-state index in [0.717, 1.165) is 0 Å². The average molecular weight is 324 g/mol. The fourth-order valence-corrected chi connectivity index (χ4v) is 1.35. The van der Waals surface area contributed by atoms with Crippen molar-refractivity contribution in [3.63, 3.8) is 0 Å². The maximum atomic E-state index is 11.4. The van der Waals surface area contributed by atoms with Crippen LogP contribution in [-0.4, -0.2) is 26.9 Å². The number of esters is 1. The van der Waals surface area contributed by atoms with Crippen LogP contribution >= 0.6 is 0 Å². The van der Waals surface area contributed by atoms with Crippen LogP contribution < -0.4 is 9.75 Å². The highest BCUT2D eigenvalue weighted by atomic mass is 16.5. The van der Waals surface area contributed by atoms with Crippen molar-refractivity contribution in [2.24, 2.45) is 5.10 Å². The second kappa shape index (κ2) is 17.8. The molecule has 1 aromatic carbocycles. The molecule has 0 radical (unpaired) electrons. The Kier molecular flexibility index (Phi) is 19.8. The molecule has 0 N–H and O–H groups in total. The number of anilines is 1. The van der Waals surface area contributed by atoms with Gasteiger partial charge in [-0.15, -0.1) is 0 Å². The van der Waals surface area contributed by atoms with Crippen molar-refractivity contribution in [3.8, 4) is 5.75 Å². The predicted octanol–water partition coefficient (Wildman–Crippen LogP) is 5.13. The van der Waals surface area contributed by atoms with Gasteiger partial charge in [0.1, 0.15) is 11.3 Å². The van der Waals surface area contributed by atoms with E-state index in [1.54, 1.807) is 18.2 Å². The Morgan fingerprint density at radius 3 is 2.00 bits per heavy atom. The van der Waals surface area contributed by atoms with E-state index in [1.807, 2.05) is 41.5 Å². The summed E-state index contributed by atoms with van der Waals surface area (Å²) in [7, 11) is 2.79. The zero-order valence-electron chi connectivity index (χ0n) is 15.8. The van der Waals surface area contributed by atoms with Gasteiger partial charge in [-0.3, -0.25) is 0 Å². The second-order valence-electron chi connectivity index (χ2n) is 3.04. The molecule has 0 aliphatic carbocycles. The Labute approximate surface area is 141 Å². The molecule has 0 aromatic heterocycles. The molecule has 0 fully saturated rings. The number of hydrogen-bond acceptors (Lipinski definition) is 5. The summed E-state index contributed by atoms with van der Waals surface area (Å²) < 4.78 is 9.77. The summed E-state index contributed by atoms with van der Waals surface area (Å²) in [6, 6.07) is 4.95. The average Bonchev–Trinajstić information content (AvgIpc) is 2.66. The van der Waals surface area contributed by atoms with E-state index in [0.29, 0.717) is 17.0 Å². The van der Waals surface area contributed by atoms with Gasteiger partial charge in [0, 0.05) is 19.0 Å². The fraction of sp³-hybridized carbons (Fsp3) is 0.444. The molecule has 5 heteroatoms. The molecule has 0 unspecified atom stereocenters. The number of methoxy groups -OCH3 is 2. The maximum Gasteiger partial charge on any atom is 0.341 e. The van der Waals surface area contributed by atoms with Crippen LogP contribution in [0.1, 0.15) is 51.9 Å². The molecule has 0 bridgehead atoms. The lowest BCUT2D eigenvalue weighted by molar-refractivity contribution is 0.0597. The number of carbonyl (C=O) groups is 1. The van der Waals surface area contributed by atoms with Gasteiger partial charge in [-0.1, -0.05) is 48.1 Å². The quantitative estimate of drug-likeness (QED) is 0.428. The molecule has 23 heavy (non-hydrogen) atoms. The van der Waals surface area contributed by atoms with E-state index in [1.165, 1.54) is 25.4 Å². The van der Waals surface area contributed by atoms with Crippen molar-refractivity contribution < 1.29 is 14.3 Å². The molecule has 0 saturated carbocycles. The first-order valence-corrected chi connectivity index (χ1v) is 7.82. The van der Waals surface area contributed by atoms with Crippen molar-refractivity contribution in [1.82, 2.24) is 0 Å². The number of carbonyl (C=O) groups excluding carboxylic acids is 1. The van der Waals surface area contributed by atoms with Crippen LogP contribution in [0.15, 0.2) is 36.1 Å². The summed E-state index contributed by atoms with van der Waals surface area (Å²) >= 11 is 0. The van der Waals surface area contributed by atoms with Gasteiger partial charge in [0.15, 0.2) is 0 Å². The molecule has 0 amide bonds. The van der Waals surface area contributed by atoms with Crippen LogP contribution in [0.4, 0.5) is 5.69 Å². The van der Waals surface area contributed by atoms with Crippen molar-refractivity contribution in [1.29, 1.82) is 0 Å². The third kappa shape index (κ3) is 8.66. The van der Waals surface area contributed by atoms with E-state index in [2.05, 4.69) is 23.1 Å². The molecule has 1 aromatic rings. The van der Waals surface area contributed by atoms with E-state index in [4.69, 9.17) is 4.74 Å². The van der Waals surface area contributed by atoms with Gasteiger partial charge in [-0.25, -0.2) is 9.80 Å².